The van der Waals surface area contributed by atoms with E-state index in [4.69, 9.17) is 0 Å². The third kappa shape index (κ3) is 7.30. The van der Waals surface area contributed by atoms with Crippen molar-refractivity contribution in [3.63, 3.8) is 0 Å². The van der Waals surface area contributed by atoms with Gasteiger partial charge in [0.1, 0.15) is 5.78 Å². The first-order valence-corrected chi connectivity index (χ1v) is 14.2. The number of ketones is 2. The largest absolute Gasteiger partial charge is 0.349 e. The third-order valence-corrected chi connectivity index (χ3v) is 8.73. The SMILES string of the molecule is CC(C)CC(CS(=O)(=O)c1ccccc1)C(=O)CC1CCc2cc(sn2)CCCNC(=O)C1=O. The van der Waals surface area contributed by atoms with Crippen LogP contribution in [-0.4, -0.2) is 42.6 Å². The lowest BCUT2D eigenvalue weighted by Crippen LogP contribution is -2.38. The summed E-state index contributed by atoms with van der Waals surface area (Å²) in [5, 5.41) is 2.66. The molecule has 3 rings (SSSR count). The number of fused-ring (bicyclic) bond motifs is 2. The van der Waals surface area contributed by atoms with Crippen molar-refractivity contribution in [2.45, 2.75) is 57.3 Å². The molecule has 34 heavy (non-hydrogen) atoms. The minimum Gasteiger partial charge on any atom is -0.349 e. The predicted octanol–water partition coefficient (Wildman–Crippen LogP) is 3.42. The maximum absolute atomic E-state index is 13.3. The summed E-state index contributed by atoms with van der Waals surface area (Å²) in [7, 11) is -3.67. The molecule has 2 aromatic rings. The number of rotatable bonds is 8. The second-order valence-electron chi connectivity index (χ2n) is 9.34. The first-order chi connectivity index (χ1) is 16.2. The fourth-order valence-corrected chi connectivity index (χ4v) is 6.66. The van der Waals surface area contributed by atoms with Crippen LogP contribution < -0.4 is 5.32 Å². The predicted molar refractivity (Wildman–Crippen MR) is 131 cm³/mol. The standard InChI is InChI=1S/C25H32N2O5S2/c1-17(2)13-19(16-34(31,32)22-8-4-3-5-9-22)23(28)14-18-10-11-20-15-21(33-27-20)7-6-12-26-25(30)24(18)29/h3-5,8-9,15,17-19H,6-7,10-14,16H2,1-2H3,(H,26,30). The van der Waals surface area contributed by atoms with Gasteiger partial charge in [-0.3, -0.25) is 14.4 Å². The Labute approximate surface area is 205 Å². The molecule has 1 aromatic heterocycles. The van der Waals surface area contributed by atoms with Crippen LogP contribution in [0.3, 0.4) is 0 Å². The minimum atomic E-state index is -3.67. The van der Waals surface area contributed by atoms with Gasteiger partial charge in [-0.2, -0.15) is 4.37 Å². The molecule has 0 aliphatic carbocycles. The Balaban J connectivity index is 1.79. The lowest BCUT2D eigenvalue weighted by Gasteiger charge is -2.21. The number of carbonyl (C=O) groups is 3. The second kappa shape index (κ2) is 11.8. The van der Waals surface area contributed by atoms with Crippen molar-refractivity contribution in [1.82, 2.24) is 9.69 Å². The molecule has 184 valence electrons. The molecule has 2 atom stereocenters. The zero-order valence-corrected chi connectivity index (χ0v) is 21.3. The number of hydrogen-bond acceptors (Lipinski definition) is 7. The van der Waals surface area contributed by atoms with Crippen LogP contribution in [0.15, 0.2) is 41.3 Å². The number of nitrogens with one attached hydrogen (secondary N) is 1. The highest BCUT2D eigenvalue weighted by molar-refractivity contribution is 7.91. The van der Waals surface area contributed by atoms with Crippen LogP contribution in [-0.2, 0) is 37.1 Å². The normalized spacial score (nSPS) is 18.6. The van der Waals surface area contributed by atoms with Gasteiger partial charge >= 0.3 is 0 Å². The van der Waals surface area contributed by atoms with Crippen molar-refractivity contribution >= 4 is 38.8 Å². The van der Waals surface area contributed by atoms with Gasteiger partial charge in [0.15, 0.2) is 9.84 Å². The van der Waals surface area contributed by atoms with E-state index in [2.05, 4.69) is 9.69 Å². The van der Waals surface area contributed by atoms with Crippen molar-refractivity contribution in [1.29, 1.82) is 0 Å². The number of aromatic nitrogens is 1. The van der Waals surface area contributed by atoms with Gasteiger partial charge in [-0.05, 0) is 67.8 Å². The van der Waals surface area contributed by atoms with Crippen LogP contribution >= 0.6 is 11.5 Å². The van der Waals surface area contributed by atoms with Gasteiger partial charge in [0.25, 0.3) is 5.91 Å². The first kappa shape index (κ1) is 26.2. The number of Topliss-reactive ketones (excluding diaryl/α,β-unsaturated/α-hetero) is 2. The van der Waals surface area contributed by atoms with E-state index >= 15 is 0 Å². The van der Waals surface area contributed by atoms with Gasteiger partial charge in [-0.15, -0.1) is 0 Å². The van der Waals surface area contributed by atoms with E-state index in [0.717, 1.165) is 17.0 Å². The number of carbonyl (C=O) groups excluding carboxylic acids is 3. The van der Waals surface area contributed by atoms with E-state index in [-0.39, 0.29) is 28.8 Å². The summed E-state index contributed by atoms with van der Waals surface area (Å²) in [6.07, 6.45) is 2.56. The average molecular weight is 505 g/mol. The second-order valence-corrected chi connectivity index (χ2v) is 12.3. The molecule has 9 heteroatoms. The summed E-state index contributed by atoms with van der Waals surface area (Å²) in [4.78, 5) is 40.0. The van der Waals surface area contributed by atoms with Crippen LogP contribution in [0.2, 0.25) is 0 Å². The van der Waals surface area contributed by atoms with Gasteiger partial charge in [-0.25, -0.2) is 8.42 Å². The first-order valence-electron chi connectivity index (χ1n) is 11.7. The van der Waals surface area contributed by atoms with E-state index in [0.29, 0.717) is 32.2 Å². The van der Waals surface area contributed by atoms with Crippen molar-refractivity contribution < 1.29 is 22.8 Å². The molecule has 0 radical (unpaired) electrons. The van der Waals surface area contributed by atoms with E-state index < -0.39 is 33.4 Å². The fraction of sp³-hybridized carbons (Fsp3) is 0.520. The molecular weight excluding hydrogens is 472 g/mol. The zero-order chi connectivity index (χ0) is 24.7. The van der Waals surface area contributed by atoms with Crippen molar-refractivity contribution in [2.75, 3.05) is 12.3 Å². The molecule has 2 bridgehead atoms. The van der Waals surface area contributed by atoms with Gasteiger partial charge in [0.2, 0.25) is 5.78 Å². The summed E-state index contributed by atoms with van der Waals surface area (Å²) in [5.74, 6) is -3.32. The van der Waals surface area contributed by atoms with Gasteiger partial charge < -0.3 is 5.32 Å². The quantitative estimate of drug-likeness (QED) is 0.552. The highest BCUT2D eigenvalue weighted by Crippen LogP contribution is 2.25. The number of sulfone groups is 1. The number of nitrogens with zero attached hydrogens (tertiary/aromatic N) is 1. The smallest absolute Gasteiger partial charge is 0.287 e. The monoisotopic (exact) mass is 504 g/mol. The Kier molecular flexibility index (Phi) is 9.13. The molecule has 0 saturated heterocycles. The topological polar surface area (TPSA) is 110 Å². The molecule has 1 N–H and O–H groups in total. The highest BCUT2D eigenvalue weighted by Gasteiger charge is 2.33. The molecule has 1 aliphatic heterocycles. The third-order valence-electron chi connectivity index (χ3n) is 6.02. The summed E-state index contributed by atoms with van der Waals surface area (Å²) in [6, 6.07) is 10.1. The number of amides is 1. The molecule has 2 heterocycles. The summed E-state index contributed by atoms with van der Waals surface area (Å²) in [6.45, 7) is 4.25. The molecular formula is C25H32N2O5S2. The summed E-state index contributed by atoms with van der Waals surface area (Å²) >= 11 is 1.42. The molecule has 1 aromatic carbocycles. The van der Waals surface area contributed by atoms with Gasteiger partial charge in [-0.1, -0.05) is 32.0 Å². The summed E-state index contributed by atoms with van der Waals surface area (Å²) < 4.78 is 30.4. The van der Waals surface area contributed by atoms with E-state index in [1.165, 1.54) is 23.7 Å². The molecule has 7 nitrogen and oxygen atoms in total. The van der Waals surface area contributed by atoms with Crippen LogP contribution in [0, 0.1) is 17.8 Å². The number of hydrogen-bond donors (Lipinski definition) is 1. The lowest BCUT2D eigenvalue weighted by molar-refractivity contribution is -0.141. The Hall–Kier alpha value is -2.39. The molecule has 0 fully saturated rings. The van der Waals surface area contributed by atoms with Gasteiger partial charge in [0, 0.05) is 29.7 Å². The highest BCUT2D eigenvalue weighted by atomic mass is 32.2. The Morgan fingerprint density at radius 1 is 1.18 bits per heavy atom. The molecule has 1 amide bonds. The fourth-order valence-electron chi connectivity index (χ4n) is 4.24. The Bertz CT molecular complexity index is 1110. The maximum atomic E-state index is 13.3. The Morgan fingerprint density at radius 2 is 1.91 bits per heavy atom. The summed E-state index contributed by atoms with van der Waals surface area (Å²) in [5.41, 5.74) is 0.858. The van der Waals surface area contributed by atoms with Crippen LogP contribution in [0.25, 0.3) is 0 Å². The van der Waals surface area contributed by atoms with Crippen molar-refractivity contribution in [3.8, 4) is 0 Å². The van der Waals surface area contributed by atoms with E-state index in [1.54, 1.807) is 18.2 Å². The average Bonchev–Trinajstić information content (AvgIpc) is 3.25. The van der Waals surface area contributed by atoms with Crippen LogP contribution in [0.5, 0.6) is 0 Å². The van der Waals surface area contributed by atoms with Gasteiger partial charge in [0.05, 0.1) is 16.3 Å². The number of aryl methyl sites for hydroxylation is 2. The van der Waals surface area contributed by atoms with E-state index in [1.807, 2.05) is 19.9 Å². The molecule has 1 aliphatic rings. The van der Waals surface area contributed by atoms with Crippen molar-refractivity contribution in [2.24, 2.45) is 17.8 Å². The molecule has 0 spiro atoms. The van der Waals surface area contributed by atoms with Crippen molar-refractivity contribution in [3.05, 3.63) is 47.0 Å². The van der Waals surface area contributed by atoms with E-state index in [9.17, 15) is 22.8 Å². The lowest BCUT2D eigenvalue weighted by atomic mass is 9.85. The number of benzene rings is 1. The molecule has 2 unspecified atom stereocenters. The van der Waals surface area contributed by atoms with Crippen LogP contribution in [0.1, 0.15) is 50.1 Å². The zero-order valence-electron chi connectivity index (χ0n) is 19.7. The molecule has 0 saturated carbocycles. The Morgan fingerprint density at radius 3 is 2.62 bits per heavy atom. The maximum Gasteiger partial charge on any atom is 0.287 e. The van der Waals surface area contributed by atoms with Crippen LogP contribution in [0.4, 0.5) is 0 Å². The minimum absolute atomic E-state index is 0.101.